The van der Waals surface area contributed by atoms with E-state index in [1.807, 2.05) is 0 Å². The molecule has 7 heteroatoms. The van der Waals surface area contributed by atoms with E-state index in [0.29, 0.717) is 0 Å². The van der Waals surface area contributed by atoms with Gasteiger partial charge in [0.1, 0.15) is 11.6 Å². The first-order valence-corrected chi connectivity index (χ1v) is 5.23. The van der Waals surface area contributed by atoms with Gasteiger partial charge in [0.25, 0.3) is 0 Å². The lowest BCUT2D eigenvalue weighted by molar-refractivity contribution is 0.0689. The van der Waals surface area contributed by atoms with Crippen LogP contribution in [0.25, 0.3) is 11.3 Å². The van der Waals surface area contributed by atoms with Gasteiger partial charge in [-0.25, -0.2) is 9.18 Å². The first kappa shape index (κ1) is 12.4. The van der Waals surface area contributed by atoms with E-state index in [-0.39, 0.29) is 27.7 Å². The molecule has 0 aliphatic heterocycles. The number of hydrogen-bond donors (Lipinski definition) is 2. The maximum atomic E-state index is 13.2. The number of benzene rings is 1. The van der Waals surface area contributed by atoms with Crippen molar-refractivity contribution >= 4 is 17.6 Å². The van der Waals surface area contributed by atoms with Gasteiger partial charge in [0.15, 0.2) is 5.69 Å². The second-order valence-electron chi connectivity index (χ2n) is 3.63. The molecule has 0 aliphatic carbocycles. The lowest BCUT2D eigenvalue weighted by Gasteiger charge is -2.06. The number of carbonyl (C=O) groups is 1. The van der Waals surface area contributed by atoms with Crippen molar-refractivity contribution < 1.29 is 19.4 Å². The van der Waals surface area contributed by atoms with E-state index in [4.69, 9.17) is 16.7 Å². The number of rotatable bonds is 2. The van der Waals surface area contributed by atoms with E-state index in [9.17, 15) is 14.3 Å². The van der Waals surface area contributed by atoms with Crippen LogP contribution in [0.4, 0.5) is 4.39 Å². The fraction of sp³-hybridized carbons (Fsp3) is 0.0909. The molecule has 0 aliphatic rings. The zero-order chi connectivity index (χ0) is 13.4. The number of carboxylic acid groups (broad SMARTS) is 1. The molecule has 1 aromatic carbocycles. The van der Waals surface area contributed by atoms with Crippen LogP contribution in [0, 0.1) is 5.82 Å². The molecule has 2 N–H and O–H groups in total. The Morgan fingerprint density at radius 2 is 2.11 bits per heavy atom. The molecule has 1 heterocycles. The Morgan fingerprint density at radius 1 is 1.44 bits per heavy atom. The Morgan fingerprint density at radius 3 is 2.67 bits per heavy atom. The number of halogens is 2. The summed E-state index contributed by atoms with van der Waals surface area (Å²) in [5.74, 6) is -2.16. The third kappa shape index (κ3) is 2.02. The van der Waals surface area contributed by atoms with Gasteiger partial charge in [-0.15, -0.1) is 0 Å². The van der Waals surface area contributed by atoms with Crippen molar-refractivity contribution in [3.05, 3.63) is 34.7 Å². The molecule has 0 radical (unpaired) electrons. The summed E-state index contributed by atoms with van der Waals surface area (Å²) in [5.41, 5.74) is 0.140. The summed E-state index contributed by atoms with van der Waals surface area (Å²) in [6, 6.07) is 3.26. The molecule has 1 aromatic heterocycles. The molecule has 0 saturated carbocycles. The van der Waals surface area contributed by atoms with E-state index in [2.05, 4.69) is 5.10 Å². The summed E-state index contributed by atoms with van der Waals surface area (Å²) >= 11 is 5.65. The number of aromatic carboxylic acids is 1. The molecule has 0 fully saturated rings. The third-order valence-electron chi connectivity index (χ3n) is 2.40. The van der Waals surface area contributed by atoms with Crippen LogP contribution in [-0.4, -0.2) is 26.0 Å². The molecular weight excluding hydrogens is 263 g/mol. The smallest absolute Gasteiger partial charge is 0.356 e. The van der Waals surface area contributed by atoms with E-state index in [0.717, 1.165) is 12.1 Å². The van der Waals surface area contributed by atoms with Gasteiger partial charge in [-0.2, -0.15) is 5.10 Å². The van der Waals surface area contributed by atoms with Crippen molar-refractivity contribution in [3.63, 3.8) is 0 Å². The molecular formula is C11H8ClFN2O3. The Bertz CT molecular complexity index is 639. The number of aromatic nitrogens is 2. The van der Waals surface area contributed by atoms with Crippen molar-refractivity contribution in [2.75, 3.05) is 0 Å². The predicted molar refractivity (Wildman–Crippen MR) is 62.2 cm³/mol. The summed E-state index contributed by atoms with van der Waals surface area (Å²) in [6.07, 6.45) is 0. The summed E-state index contributed by atoms with van der Waals surface area (Å²) in [4.78, 5) is 10.8. The fourth-order valence-corrected chi connectivity index (χ4v) is 1.79. The second-order valence-corrected chi connectivity index (χ2v) is 4.03. The average molecular weight is 271 g/mol. The predicted octanol–water partition coefficient (Wildman–Crippen LogP) is 2.28. The molecule has 0 amide bonds. The molecule has 0 unspecified atom stereocenters. The second kappa shape index (κ2) is 4.30. The van der Waals surface area contributed by atoms with Gasteiger partial charge in [0.05, 0.1) is 10.7 Å². The Kier molecular flexibility index (Phi) is 2.96. The molecule has 5 nitrogen and oxygen atoms in total. The molecule has 2 aromatic rings. The Balaban J connectivity index is 2.65. The summed E-state index contributed by atoms with van der Waals surface area (Å²) in [5, 5.41) is 22.1. The lowest BCUT2D eigenvalue weighted by atomic mass is 10.1. The van der Waals surface area contributed by atoms with Crippen molar-refractivity contribution in [1.29, 1.82) is 0 Å². The van der Waals surface area contributed by atoms with Crippen LogP contribution in [-0.2, 0) is 7.05 Å². The van der Waals surface area contributed by atoms with Crippen LogP contribution in [0.5, 0.6) is 5.75 Å². The fourth-order valence-electron chi connectivity index (χ4n) is 1.59. The van der Waals surface area contributed by atoms with Gasteiger partial charge >= 0.3 is 5.97 Å². The maximum absolute atomic E-state index is 13.2. The van der Waals surface area contributed by atoms with E-state index >= 15 is 0 Å². The van der Waals surface area contributed by atoms with Gasteiger partial charge in [0, 0.05) is 12.6 Å². The van der Waals surface area contributed by atoms with Crippen LogP contribution in [0.1, 0.15) is 10.5 Å². The van der Waals surface area contributed by atoms with Crippen LogP contribution >= 0.6 is 11.6 Å². The summed E-state index contributed by atoms with van der Waals surface area (Å²) in [6.45, 7) is 0. The highest BCUT2D eigenvalue weighted by molar-refractivity contribution is 6.32. The van der Waals surface area contributed by atoms with Crippen molar-refractivity contribution in [3.8, 4) is 17.0 Å². The molecule has 2 rings (SSSR count). The summed E-state index contributed by atoms with van der Waals surface area (Å²) in [7, 11) is 1.49. The number of phenols is 1. The van der Waals surface area contributed by atoms with Gasteiger partial charge in [-0.1, -0.05) is 11.6 Å². The zero-order valence-electron chi connectivity index (χ0n) is 9.19. The molecule has 18 heavy (non-hydrogen) atoms. The molecule has 0 spiro atoms. The Hall–Kier alpha value is -2.08. The quantitative estimate of drug-likeness (QED) is 0.878. The molecule has 94 valence electrons. The SMILES string of the molecule is Cn1nc(C(=O)O)cc1-c1cc(F)cc(Cl)c1O. The topological polar surface area (TPSA) is 75.4 Å². The van der Waals surface area contributed by atoms with Gasteiger partial charge < -0.3 is 10.2 Å². The van der Waals surface area contributed by atoms with E-state index < -0.39 is 11.8 Å². The molecule has 0 atom stereocenters. The minimum atomic E-state index is -1.21. The van der Waals surface area contributed by atoms with E-state index in [1.165, 1.54) is 17.8 Å². The Labute approximate surface area is 106 Å². The van der Waals surface area contributed by atoms with E-state index in [1.54, 1.807) is 0 Å². The van der Waals surface area contributed by atoms with Crippen LogP contribution in [0.2, 0.25) is 5.02 Å². The van der Waals surface area contributed by atoms with Crippen molar-refractivity contribution in [1.82, 2.24) is 9.78 Å². The first-order chi connectivity index (χ1) is 8.40. The van der Waals surface area contributed by atoms with Gasteiger partial charge in [-0.05, 0) is 18.2 Å². The van der Waals surface area contributed by atoms with Crippen LogP contribution in [0.15, 0.2) is 18.2 Å². The highest BCUT2D eigenvalue weighted by Gasteiger charge is 2.17. The van der Waals surface area contributed by atoms with Crippen LogP contribution < -0.4 is 0 Å². The normalized spacial score (nSPS) is 10.6. The molecule has 0 bridgehead atoms. The van der Waals surface area contributed by atoms with Crippen molar-refractivity contribution in [2.45, 2.75) is 0 Å². The van der Waals surface area contributed by atoms with Gasteiger partial charge in [-0.3, -0.25) is 4.68 Å². The maximum Gasteiger partial charge on any atom is 0.356 e. The minimum Gasteiger partial charge on any atom is -0.506 e. The van der Waals surface area contributed by atoms with Crippen molar-refractivity contribution in [2.24, 2.45) is 7.05 Å². The van der Waals surface area contributed by atoms with Gasteiger partial charge in [0.2, 0.25) is 0 Å². The number of hydrogen-bond acceptors (Lipinski definition) is 3. The highest BCUT2D eigenvalue weighted by atomic mass is 35.5. The summed E-state index contributed by atoms with van der Waals surface area (Å²) < 4.78 is 14.5. The lowest BCUT2D eigenvalue weighted by Crippen LogP contribution is -1.99. The largest absolute Gasteiger partial charge is 0.506 e. The average Bonchev–Trinajstić information content (AvgIpc) is 2.66. The minimum absolute atomic E-state index is 0.0856. The number of aryl methyl sites for hydroxylation is 1. The monoisotopic (exact) mass is 270 g/mol. The zero-order valence-corrected chi connectivity index (χ0v) is 9.94. The highest BCUT2D eigenvalue weighted by Crippen LogP contribution is 2.36. The van der Waals surface area contributed by atoms with Crippen LogP contribution in [0.3, 0.4) is 0 Å². The first-order valence-electron chi connectivity index (χ1n) is 4.86. The number of aromatic hydroxyl groups is 1. The number of nitrogens with zero attached hydrogens (tertiary/aromatic N) is 2. The number of carboxylic acids is 1. The molecule has 0 saturated heterocycles. The standard InChI is InChI=1S/C11H8ClFN2O3/c1-15-9(4-8(14-15)11(17)18)6-2-5(13)3-7(12)10(6)16/h2-4,16H,1H3,(H,17,18). The number of phenolic OH excluding ortho intramolecular Hbond substituents is 1. The third-order valence-corrected chi connectivity index (χ3v) is 2.69.